The van der Waals surface area contributed by atoms with Gasteiger partial charge in [0.15, 0.2) is 11.5 Å². The SMILES string of the molecule is COc1cc(C(=O)NC2CCc3ccccc32)ccc1OC(F)F. The van der Waals surface area contributed by atoms with Gasteiger partial charge in [0.25, 0.3) is 5.91 Å². The van der Waals surface area contributed by atoms with Crippen molar-refractivity contribution in [2.75, 3.05) is 7.11 Å². The summed E-state index contributed by atoms with van der Waals surface area (Å²) in [5.41, 5.74) is 2.69. The molecule has 0 heterocycles. The molecule has 0 saturated carbocycles. The van der Waals surface area contributed by atoms with Crippen LogP contribution >= 0.6 is 0 Å². The molecule has 1 amide bonds. The molecule has 0 aromatic heterocycles. The first-order valence-corrected chi connectivity index (χ1v) is 7.60. The van der Waals surface area contributed by atoms with E-state index in [2.05, 4.69) is 16.1 Å². The van der Waals surface area contributed by atoms with Crippen LogP contribution in [0.1, 0.15) is 33.9 Å². The predicted molar refractivity (Wildman–Crippen MR) is 84.6 cm³/mol. The number of benzene rings is 2. The van der Waals surface area contributed by atoms with Crippen molar-refractivity contribution < 1.29 is 23.0 Å². The van der Waals surface area contributed by atoms with Gasteiger partial charge >= 0.3 is 6.61 Å². The smallest absolute Gasteiger partial charge is 0.387 e. The Morgan fingerprint density at radius 1 is 1.21 bits per heavy atom. The van der Waals surface area contributed by atoms with E-state index in [0.29, 0.717) is 5.56 Å². The maximum atomic E-state index is 12.5. The predicted octanol–water partition coefficient (Wildman–Crippen LogP) is 3.71. The van der Waals surface area contributed by atoms with Gasteiger partial charge in [-0.2, -0.15) is 8.78 Å². The number of hydrogen-bond donors (Lipinski definition) is 1. The Morgan fingerprint density at radius 3 is 2.75 bits per heavy atom. The number of carbonyl (C=O) groups is 1. The van der Waals surface area contributed by atoms with Gasteiger partial charge in [-0.1, -0.05) is 24.3 Å². The summed E-state index contributed by atoms with van der Waals surface area (Å²) in [6.07, 6.45) is 1.76. The zero-order chi connectivity index (χ0) is 17.1. The van der Waals surface area contributed by atoms with Crippen LogP contribution in [-0.2, 0) is 6.42 Å². The summed E-state index contributed by atoms with van der Waals surface area (Å²) >= 11 is 0. The van der Waals surface area contributed by atoms with E-state index in [1.807, 2.05) is 18.2 Å². The van der Waals surface area contributed by atoms with Crippen LogP contribution in [0.4, 0.5) is 8.78 Å². The number of aryl methyl sites for hydroxylation is 1. The minimum Gasteiger partial charge on any atom is -0.493 e. The molecule has 2 aromatic rings. The van der Waals surface area contributed by atoms with Crippen LogP contribution in [-0.4, -0.2) is 19.6 Å². The summed E-state index contributed by atoms with van der Waals surface area (Å²) in [6.45, 7) is -2.95. The van der Waals surface area contributed by atoms with Gasteiger partial charge in [0.2, 0.25) is 0 Å². The molecule has 0 saturated heterocycles. The van der Waals surface area contributed by atoms with E-state index in [4.69, 9.17) is 4.74 Å². The number of amides is 1. The van der Waals surface area contributed by atoms with Gasteiger partial charge in [0, 0.05) is 5.56 Å². The fourth-order valence-electron chi connectivity index (χ4n) is 2.95. The van der Waals surface area contributed by atoms with Crippen LogP contribution in [0, 0.1) is 0 Å². The van der Waals surface area contributed by atoms with E-state index >= 15 is 0 Å². The molecule has 24 heavy (non-hydrogen) atoms. The van der Waals surface area contributed by atoms with Gasteiger partial charge < -0.3 is 14.8 Å². The molecular weight excluding hydrogens is 316 g/mol. The van der Waals surface area contributed by atoms with Gasteiger partial charge in [-0.3, -0.25) is 4.79 Å². The highest BCUT2D eigenvalue weighted by Crippen LogP contribution is 2.32. The summed E-state index contributed by atoms with van der Waals surface area (Å²) in [5, 5.41) is 2.98. The van der Waals surface area contributed by atoms with Crippen LogP contribution in [0.15, 0.2) is 42.5 Å². The minimum atomic E-state index is -2.95. The van der Waals surface area contributed by atoms with Crippen molar-refractivity contribution >= 4 is 5.91 Å². The molecule has 0 radical (unpaired) electrons. The highest BCUT2D eigenvalue weighted by atomic mass is 19.3. The highest BCUT2D eigenvalue weighted by Gasteiger charge is 2.24. The molecule has 0 bridgehead atoms. The molecule has 0 spiro atoms. The fourth-order valence-corrected chi connectivity index (χ4v) is 2.95. The third kappa shape index (κ3) is 3.32. The molecule has 126 valence electrons. The van der Waals surface area contributed by atoms with E-state index in [1.54, 1.807) is 0 Å². The second-order valence-electron chi connectivity index (χ2n) is 5.51. The van der Waals surface area contributed by atoms with Gasteiger partial charge in [-0.25, -0.2) is 0 Å². The van der Waals surface area contributed by atoms with E-state index in [-0.39, 0.29) is 23.4 Å². The van der Waals surface area contributed by atoms with Crippen molar-refractivity contribution in [1.29, 1.82) is 0 Å². The molecule has 3 rings (SSSR count). The van der Waals surface area contributed by atoms with Crippen LogP contribution < -0.4 is 14.8 Å². The Hall–Kier alpha value is -2.63. The van der Waals surface area contributed by atoms with Gasteiger partial charge in [-0.15, -0.1) is 0 Å². The maximum Gasteiger partial charge on any atom is 0.387 e. The number of nitrogens with one attached hydrogen (secondary N) is 1. The quantitative estimate of drug-likeness (QED) is 0.907. The summed E-state index contributed by atoms with van der Waals surface area (Å²) in [6, 6.07) is 12.1. The number of fused-ring (bicyclic) bond motifs is 1. The van der Waals surface area contributed by atoms with E-state index in [9.17, 15) is 13.6 Å². The summed E-state index contributed by atoms with van der Waals surface area (Å²) in [5.74, 6) is -0.288. The van der Waals surface area contributed by atoms with Crippen molar-refractivity contribution in [2.45, 2.75) is 25.5 Å². The normalized spacial score (nSPS) is 15.9. The number of rotatable bonds is 5. The number of carbonyl (C=O) groups excluding carboxylic acids is 1. The zero-order valence-corrected chi connectivity index (χ0v) is 13.1. The summed E-state index contributed by atoms with van der Waals surface area (Å²) in [7, 11) is 1.34. The van der Waals surface area contributed by atoms with Crippen LogP contribution in [0.3, 0.4) is 0 Å². The second-order valence-corrected chi connectivity index (χ2v) is 5.51. The van der Waals surface area contributed by atoms with Crippen molar-refractivity contribution in [1.82, 2.24) is 5.32 Å². The molecule has 0 aliphatic heterocycles. The Balaban J connectivity index is 1.76. The Bertz CT molecular complexity index is 749. The largest absolute Gasteiger partial charge is 0.493 e. The lowest BCUT2D eigenvalue weighted by atomic mass is 10.1. The fraction of sp³-hybridized carbons (Fsp3) is 0.278. The van der Waals surface area contributed by atoms with Crippen LogP contribution in [0.2, 0.25) is 0 Å². The average Bonchev–Trinajstić information content (AvgIpc) is 2.98. The average molecular weight is 333 g/mol. The zero-order valence-electron chi connectivity index (χ0n) is 13.1. The first-order valence-electron chi connectivity index (χ1n) is 7.60. The van der Waals surface area contributed by atoms with Crippen molar-refractivity contribution in [3.05, 3.63) is 59.2 Å². The first-order chi connectivity index (χ1) is 11.6. The van der Waals surface area contributed by atoms with Gasteiger partial charge in [0.05, 0.1) is 13.2 Å². The standard InChI is InChI=1S/C18H17F2NO3/c1-23-16-10-12(7-9-15(16)24-18(19)20)17(22)21-14-8-6-11-4-2-3-5-13(11)14/h2-5,7,9-10,14,18H,6,8H2,1H3,(H,21,22). The molecule has 1 N–H and O–H groups in total. The number of methoxy groups -OCH3 is 1. The topological polar surface area (TPSA) is 47.6 Å². The number of hydrogen-bond acceptors (Lipinski definition) is 3. The van der Waals surface area contributed by atoms with E-state index < -0.39 is 6.61 Å². The lowest BCUT2D eigenvalue weighted by Gasteiger charge is -2.15. The highest BCUT2D eigenvalue weighted by molar-refractivity contribution is 5.95. The number of alkyl halides is 2. The first kappa shape index (κ1) is 16.2. The lowest BCUT2D eigenvalue weighted by Crippen LogP contribution is -2.27. The van der Waals surface area contributed by atoms with Gasteiger partial charge in [0.1, 0.15) is 0 Å². The molecule has 1 unspecified atom stereocenters. The van der Waals surface area contributed by atoms with Crippen molar-refractivity contribution in [3.8, 4) is 11.5 Å². The molecule has 0 fully saturated rings. The summed E-state index contributed by atoms with van der Waals surface area (Å²) < 4.78 is 34.1. The van der Waals surface area contributed by atoms with Crippen LogP contribution in [0.5, 0.6) is 11.5 Å². The van der Waals surface area contributed by atoms with Crippen LogP contribution in [0.25, 0.3) is 0 Å². The van der Waals surface area contributed by atoms with E-state index in [1.165, 1.54) is 30.9 Å². The summed E-state index contributed by atoms with van der Waals surface area (Å²) in [4.78, 5) is 12.5. The van der Waals surface area contributed by atoms with Crippen molar-refractivity contribution in [3.63, 3.8) is 0 Å². The minimum absolute atomic E-state index is 0.0447. The van der Waals surface area contributed by atoms with E-state index in [0.717, 1.165) is 18.4 Å². The Morgan fingerprint density at radius 2 is 2.00 bits per heavy atom. The monoisotopic (exact) mass is 333 g/mol. The second kappa shape index (κ2) is 6.86. The molecule has 1 atom stereocenters. The third-order valence-corrected chi connectivity index (χ3v) is 4.08. The molecule has 2 aromatic carbocycles. The molecule has 1 aliphatic rings. The third-order valence-electron chi connectivity index (χ3n) is 4.08. The molecule has 4 nitrogen and oxygen atoms in total. The molecule has 1 aliphatic carbocycles. The Kier molecular flexibility index (Phi) is 4.64. The number of ether oxygens (including phenoxy) is 2. The lowest BCUT2D eigenvalue weighted by molar-refractivity contribution is -0.0512. The molecular formula is C18H17F2NO3. The number of halogens is 2. The maximum absolute atomic E-state index is 12.5. The Labute approximate surface area is 138 Å². The van der Waals surface area contributed by atoms with Crippen molar-refractivity contribution in [2.24, 2.45) is 0 Å². The molecule has 6 heteroatoms. The van der Waals surface area contributed by atoms with Gasteiger partial charge in [-0.05, 0) is 42.2 Å².